The molecule has 9 aromatic carbocycles. The number of benzene rings is 9. The highest BCUT2D eigenvalue weighted by molar-refractivity contribution is 5.81. The van der Waals surface area contributed by atoms with E-state index in [-0.39, 0.29) is 0 Å². The SMILES string of the molecule is c1ccc(-c2ccc(N(c3ccccc3)c3ccc(Oc4ccc(-c5ccc(N(c6ccccc6)c6ccc(-c7ccccc7)cc6)cc5)cc4)cc3)cc2)cc1. The Bertz CT molecular complexity index is 2630. The lowest BCUT2D eigenvalue weighted by atomic mass is 10.0. The topological polar surface area (TPSA) is 15.7 Å². The van der Waals surface area contributed by atoms with Crippen LogP contribution in [-0.4, -0.2) is 0 Å². The Kier molecular flexibility index (Phi) is 10.1. The van der Waals surface area contributed by atoms with Crippen molar-refractivity contribution in [2.24, 2.45) is 0 Å². The summed E-state index contributed by atoms with van der Waals surface area (Å²) >= 11 is 0. The molecule has 3 heteroatoms. The van der Waals surface area contributed by atoms with Crippen molar-refractivity contribution in [2.75, 3.05) is 9.80 Å². The van der Waals surface area contributed by atoms with Crippen LogP contribution in [-0.2, 0) is 0 Å². The van der Waals surface area contributed by atoms with Gasteiger partial charge in [-0.05, 0) is 130 Å². The summed E-state index contributed by atoms with van der Waals surface area (Å²) in [5.41, 5.74) is 13.6. The first-order chi connectivity index (χ1) is 28.2. The molecule has 0 atom stereocenters. The number of para-hydroxylation sites is 2. The van der Waals surface area contributed by atoms with Gasteiger partial charge in [-0.15, -0.1) is 0 Å². The van der Waals surface area contributed by atoms with E-state index in [0.29, 0.717) is 0 Å². The maximum Gasteiger partial charge on any atom is 0.127 e. The third kappa shape index (κ3) is 7.95. The number of hydrogen-bond donors (Lipinski definition) is 0. The van der Waals surface area contributed by atoms with Crippen molar-refractivity contribution in [3.05, 3.63) is 243 Å². The Morgan fingerprint density at radius 2 is 0.404 bits per heavy atom. The lowest BCUT2D eigenvalue weighted by Crippen LogP contribution is -2.09. The minimum Gasteiger partial charge on any atom is -0.457 e. The van der Waals surface area contributed by atoms with Gasteiger partial charge in [0.15, 0.2) is 0 Å². The number of anilines is 6. The molecule has 9 rings (SSSR count). The Morgan fingerprint density at radius 1 is 0.193 bits per heavy atom. The van der Waals surface area contributed by atoms with E-state index < -0.39 is 0 Å². The second kappa shape index (κ2) is 16.4. The van der Waals surface area contributed by atoms with Crippen molar-refractivity contribution in [2.45, 2.75) is 0 Å². The first-order valence-corrected chi connectivity index (χ1v) is 19.2. The molecule has 0 N–H and O–H groups in total. The lowest BCUT2D eigenvalue weighted by molar-refractivity contribution is 0.483. The molecule has 0 radical (unpaired) electrons. The molecule has 0 amide bonds. The van der Waals surface area contributed by atoms with E-state index >= 15 is 0 Å². The molecule has 0 aromatic heterocycles. The van der Waals surface area contributed by atoms with Gasteiger partial charge in [0.25, 0.3) is 0 Å². The normalized spacial score (nSPS) is 10.8. The molecule has 272 valence electrons. The summed E-state index contributed by atoms with van der Waals surface area (Å²) in [6, 6.07) is 84.8. The van der Waals surface area contributed by atoms with Crippen molar-refractivity contribution in [3.8, 4) is 44.9 Å². The first kappa shape index (κ1) is 35.1. The molecule has 3 nitrogen and oxygen atoms in total. The Labute approximate surface area is 335 Å². The summed E-state index contributed by atoms with van der Waals surface area (Å²) in [4.78, 5) is 4.56. The molecule has 0 saturated heterocycles. The molecular weight excluding hydrogens is 693 g/mol. The molecule has 0 aliphatic heterocycles. The van der Waals surface area contributed by atoms with Gasteiger partial charge in [-0.2, -0.15) is 0 Å². The van der Waals surface area contributed by atoms with Gasteiger partial charge in [0, 0.05) is 34.1 Å². The van der Waals surface area contributed by atoms with E-state index in [1.807, 2.05) is 42.5 Å². The van der Waals surface area contributed by atoms with Crippen LogP contribution >= 0.6 is 0 Å². The van der Waals surface area contributed by atoms with Gasteiger partial charge < -0.3 is 14.5 Å². The van der Waals surface area contributed by atoms with Gasteiger partial charge in [-0.1, -0.05) is 146 Å². The summed E-state index contributed by atoms with van der Waals surface area (Å²) in [5.74, 6) is 1.56. The highest BCUT2D eigenvalue weighted by Gasteiger charge is 2.15. The maximum absolute atomic E-state index is 6.34. The Morgan fingerprint density at radius 3 is 0.719 bits per heavy atom. The number of hydrogen-bond acceptors (Lipinski definition) is 3. The second-order valence-electron chi connectivity index (χ2n) is 13.8. The average Bonchev–Trinajstić information content (AvgIpc) is 3.29. The van der Waals surface area contributed by atoms with Crippen LogP contribution < -0.4 is 14.5 Å². The van der Waals surface area contributed by atoms with Crippen molar-refractivity contribution in [1.29, 1.82) is 0 Å². The molecule has 0 aliphatic carbocycles. The lowest BCUT2D eigenvalue weighted by Gasteiger charge is -2.26. The molecule has 57 heavy (non-hydrogen) atoms. The molecule has 9 aromatic rings. The van der Waals surface area contributed by atoms with Crippen molar-refractivity contribution in [3.63, 3.8) is 0 Å². The fourth-order valence-corrected chi connectivity index (χ4v) is 7.23. The molecule has 0 fully saturated rings. The van der Waals surface area contributed by atoms with Crippen molar-refractivity contribution < 1.29 is 4.74 Å². The van der Waals surface area contributed by atoms with Gasteiger partial charge in [0.2, 0.25) is 0 Å². The van der Waals surface area contributed by atoms with Crippen molar-refractivity contribution in [1.82, 2.24) is 0 Å². The zero-order chi connectivity index (χ0) is 38.2. The molecule has 0 heterocycles. The standard InChI is InChI=1S/C54H40N2O/c1-5-13-41(14-6-1)43-21-29-49(30-22-43)55(47-17-9-3-10-18-47)50-33-25-45(26-34-50)46-27-37-53(38-28-46)57-54-39-35-52(36-40-54)56(48-19-11-4-12-20-48)51-31-23-44(24-32-51)42-15-7-2-8-16-42/h1-40H. The van der Waals surface area contributed by atoms with Crippen LogP contribution in [0.2, 0.25) is 0 Å². The van der Waals surface area contributed by atoms with E-state index in [0.717, 1.165) is 56.8 Å². The monoisotopic (exact) mass is 732 g/mol. The van der Waals surface area contributed by atoms with E-state index in [1.54, 1.807) is 0 Å². The van der Waals surface area contributed by atoms with Gasteiger partial charge in [-0.25, -0.2) is 0 Å². The van der Waals surface area contributed by atoms with Crippen LogP contribution in [0.3, 0.4) is 0 Å². The van der Waals surface area contributed by atoms with Crippen LogP contribution in [0, 0.1) is 0 Å². The average molecular weight is 733 g/mol. The first-order valence-electron chi connectivity index (χ1n) is 19.2. The minimum atomic E-state index is 0.779. The van der Waals surface area contributed by atoms with Crippen molar-refractivity contribution >= 4 is 34.1 Å². The summed E-state index contributed by atoms with van der Waals surface area (Å²) in [6.45, 7) is 0. The zero-order valence-corrected chi connectivity index (χ0v) is 31.4. The highest BCUT2D eigenvalue weighted by atomic mass is 16.5. The second-order valence-corrected chi connectivity index (χ2v) is 13.8. The van der Waals surface area contributed by atoms with Crippen LogP contribution in [0.1, 0.15) is 0 Å². The van der Waals surface area contributed by atoms with E-state index in [2.05, 4.69) is 210 Å². The predicted molar refractivity (Wildman–Crippen MR) is 239 cm³/mol. The van der Waals surface area contributed by atoms with Gasteiger partial charge in [0.1, 0.15) is 11.5 Å². The Balaban J connectivity index is 0.907. The number of rotatable bonds is 11. The highest BCUT2D eigenvalue weighted by Crippen LogP contribution is 2.39. The van der Waals surface area contributed by atoms with Gasteiger partial charge in [-0.3, -0.25) is 0 Å². The summed E-state index contributed by atoms with van der Waals surface area (Å²) in [6.07, 6.45) is 0. The molecule has 0 aliphatic rings. The zero-order valence-electron chi connectivity index (χ0n) is 31.4. The van der Waals surface area contributed by atoms with E-state index in [9.17, 15) is 0 Å². The van der Waals surface area contributed by atoms with Crippen LogP contribution in [0.15, 0.2) is 243 Å². The quantitative estimate of drug-likeness (QED) is 0.132. The number of nitrogens with zero attached hydrogens (tertiary/aromatic N) is 2. The molecular formula is C54H40N2O. The minimum absolute atomic E-state index is 0.779. The van der Waals surface area contributed by atoms with E-state index in [1.165, 1.54) is 22.3 Å². The van der Waals surface area contributed by atoms with E-state index in [4.69, 9.17) is 4.74 Å². The largest absolute Gasteiger partial charge is 0.457 e. The molecule has 0 unspecified atom stereocenters. The fraction of sp³-hybridized carbons (Fsp3) is 0. The van der Waals surface area contributed by atoms with Gasteiger partial charge in [0.05, 0.1) is 0 Å². The van der Waals surface area contributed by atoms with Gasteiger partial charge >= 0.3 is 0 Å². The predicted octanol–water partition coefficient (Wildman–Crippen LogP) is 15.4. The molecule has 0 saturated carbocycles. The number of ether oxygens (including phenoxy) is 1. The van der Waals surface area contributed by atoms with Crippen LogP contribution in [0.5, 0.6) is 11.5 Å². The molecule has 0 bridgehead atoms. The summed E-state index contributed by atoms with van der Waals surface area (Å²) in [5, 5.41) is 0. The van der Waals surface area contributed by atoms with Crippen LogP contribution in [0.4, 0.5) is 34.1 Å². The third-order valence-corrected chi connectivity index (χ3v) is 10.1. The van der Waals surface area contributed by atoms with Crippen LogP contribution in [0.25, 0.3) is 33.4 Å². The fourth-order valence-electron chi connectivity index (χ4n) is 7.23. The maximum atomic E-state index is 6.34. The Hall–Kier alpha value is -7.62. The molecule has 0 spiro atoms. The smallest absolute Gasteiger partial charge is 0.127 e. The third-order valence-electron chi connectivity index (χ3n) is 10.1. The summed E-state index contributed by atoms with van der Waals surface area (Å²) in [7, 11) is 0. The summed E-state index contributed by atoms with van der Waals surface area (Å²) < 4.78 is 6.34.